The Labute approximate surface area is 169 Å². The molecule has 0 saturated carbocycles. The molecule has 0 aliphatic carbocycles. The maximum absolute atomic E-state index is 12.7. The third kappa shape index (κ3) is 4.15. The van der Waals surface area contributed by atoms with Crippen molar-refractivity contribution in [1.82, 2.24) is 4.57 Å². The molecule has 7 nitrogen and oxygen atoms in total. The number of benzene rings is 1. The van der Waals surface area contributed by atoms with Crippen LogP contribution in [0.15, 0.2) is 30.3 Å². The number of carbonyl (C=O) groups excluding carboxylic acids is 2. The van der Waals surface area contributed by atoms with Gasteiger partial charge in [-0.05, 0) is 44.9 Å². The number of nitrogens with zero attached hydrogens (tertiary/aromatic N) is 1. The molecule has 1 saturated heterocycles. The van der Waals surface area contributed by atoms with E-state index < -0.39 is 12.1 Å². The quantitative estimate of drug-likeness (QED) is 0.549. The van der Waals surface area contributed by atoms with Crippen molar-refractivity contribution in [2.75, 3.05) is 19.8 Å². The Bertz CT molecular complexity index is 912. The van der Waals surface area contributed by atoms with Crippen LogP contribution in [-0.2, 0) is 20.8 Å². The van der Waals surface area contributed by atoms with E-state index in [1.807, 2.05) is 26.0 Å². The molecule has 0 N–H and O–H groups in total. The number of hydrogen-bond acceptors (Lipinski definition) is 6. The zero-order chi connectivity index (χ0) is 20.4. The van der Waals surface area contributed by atoms with E-state index in [1.54, 1.807) is 18.2 Å². The molecule has 2 atom stereocenters. The van der Waals surface area contributed by atoms with Crippen LogP contribution in [0.3, 0.4) is 0 Å². The maximum atomic E-state index is 12.7. The molecule has 0 spiro atoms. The number of esters is 1. The number of aryl methyl sites for hydroxylation is 1. The van der Waals surface area contributed by atoms with E-state index in [-0.39, 0.29) is 25.1 Å². The van der Waals surface area contributed by atoms with Crippen LogP contribution in [0.5, 0.6) is 11.5 Å². The van der Waals surface area contributed by atoms with Crippen molar-refractivity contribution in [1.29, 1.82) is 0 Å². The van der Waals surface area contributed by atoms with Gasteiger partial charge in [-0.15, -0.1) is 0 Å². The number of ether oxygens (including phenoxy) is 4. The SMILES string of the molecule is Cc1cc(C(=O)COC(=O)[C@H]2COc3ccccc3O2)c(C)n1C[C@H]1CCCO1. The largest absolute Gasteiger partial charge is 0.485 e. The molecule has 0 unspecified atom stereocenters. The third-order valence-electron chi connectivity index (χ3n) is 5.40. The number of fused-ring (bicyclic) bond motifs is 1. The lowest BCUT2D eigenvalue weighted by Crippen LogP contribution is -2.38. The Hall–Kier alpha value is -2.80. The molecule has 3 heterocycles. The van der Waals surface area contributed by atoms with E-state index in [4.69, 9.17) is 18.9 Å². The number of para-hydroxylation sites is 2. The van der Waals surface area contributed by atoms with Gasteiger partial charge in [-0.1, -0.05) is 12.1 Å². The summed E-state index contributed by atoms with van der Waals surface area (Å²) in [5, 5.41) is 0. The number of rotatable bonds is 6. The van der Waals surface area contributed by atoms with E-state index in [0.717, 1.165) is 37.4 Å². The molecule has 0 bridgehead atoms. The Morgan fingerprint density at radius 1 is 1.21 bits per heavy atom. The summed E-state index contributed by atoms with van der Waals surface area (Å²) < 4.78 is 24.2. The van der Waals surface area contributed by atoms with E-state index in [9.17, 15) is 9.59 Å². The predicted molar refractivity (Wildman–Crippen MR) is 105 cm³/mol. The smallest absolute Gasteiger partial charge is 0.351 e. The summed E-state index contributed by atoms with van der Waals surface area (Å²) in [7, 11) is 0. The van der Waals surface area contributed by atoms with Crippen LogP contribution in [0.4, 0.5) is 0 Å². The van der Waals surface area contributed by atoms with Crippen LogP contribution in [0.2, 0.25) is 0 Å². The van der Waals surface area contributed by atoms with Gasteiger partial charge in [-0.25, -0.2) is 4.79 Å². The highest BCUT2D eigenvalue weighted by Crippen LogP contribution is 2.31. The molecule has 0 amide bonds. The fourth-order valence-electron chi connectivity index (χ4n) is 3.80. The van der Waals surface area contributed by atoms with Gasteiger partial charge in [0.1, 0.15) is 6.61 Å². The molecule has 29 heavy (non-hydrogen) atoms. The minimum absolute atomic E-state index is 0.0555. The molecule has 2 aliphatic heterocycles. The van der Waals surface area contributed by atoms with Crippen LogP contribution in [0.25, 0.3) is 0 Å². The summed E-state index contributed by atoms with van der Waals surface area (Å²) >= 11 is 0. The second kappa shape index (κ2) is 8.29. The standard InChI is InChI=1S/C22H25NO6/c1-14-10-17(15(2)23(14)11-16-6-5-9-26-16)18(24)12-28-22(25)21-13-27-19-7-3-4-8-20(19)29-21/h3-4,7-8,10,16,21H,5-6,9,11-13H2,1-2H3/t16-,21-/m1/s1. The van der Waals surface area contributed by atoms with Crippen molar-refractivity contribution in [2.45, 2.75) is 45.4 Å². The highest BCUT2D eigenvalue weighted by Gasteiger charge is 2.29. The second-order valence-corrected chi connectivity index (χ2v) is 7.43. The molecular formula is C22H25NO6. The Kier molecular flexibility index (Phi) is 5.58. The monoisotopic (exact) mass is 399 g/mol. The first-order valence-electron chi connectivity index (χ1n) is 9.89. The molecule has 4 rings (SSSR count). The summed E-state index contributed by atoms with van der Waals surface area (Å²) in [6.07, 6.45) is 1.41. The van der Waals surface area contributed by atoms with Crippen LogP contribution >= 0.6 is 0 Å². The normalized spacial score (nSPS) is 20.5. The van der Waals surface area contributed by atoms with Crippen LogP contribution < -0.4 is 9.47 Å². The van der Waals surface area contributed by atoms with Gasteiger partial charge in [0.25, 0.3) is 0 Å². The molecule has 1 fully saturated rings. The van der Waals surface area contributed by atoms with Gasteiger partial charge in [0.2, 0.25) is 11.9 Å². The van der Waals surface area contributed by atoms with Crippen LogP contribution in [0.1, 0.15) is 34.6 Å². The van der Waals surface area contributed by atoms with Crippen molar-refractivity contribution < 1.29 is 28.5 Å². The van der Waals surface area contributed by atoms with E-state index in [0.29, 0.717) is 17.1 Å². The average molecular weight is 399 g/mol. The van der Waals surface area contributed by atoms with E-state index in [1.165, 1.54) is 0 Å². The van der Waals surface area contributed by atoms with Crippen molar-refractivity contribution in [3.05, 3.63) is 47.3 Å². The Morgan fingerprint density at radius 3 is 2.76 bits per heavy atom. The predicted octanol–water partition coefficient (Wildman–Crippen LogP) is 2.85. The molecule has 1 aromatic heterocycles. The van der Waals surface area contributed by atoms with E-state index >= 15 is 0 Å². The second-order valence-electron chi connectivity index (χ2n) is 7.43. The first kappa shape index (κ1) is 19.5. The number of ketones is 1. The fourth-order valence-corrected chi connectivity index (χ4v) is 3.80. The molecule has 2 aliphatic rings. The highest BCUT2D eigenvalue weighted by atomic mass is 16.6. The van der Waals surface area contributed by atoms with Crippen LogP contribution in [-0.4, -0.2) is 48.3 Å². The summed E-state index contributed by atoms with van der Waals surface area (Å²) in [5.41, 5.74) is 2.43. The minimum atomic E-state index is -0.885. The molecular weight excluding hydrogens is 374 g/mol. The minimum Gasteiger partial charge on any atom is -0.485 e. The Balaban J connectivity index is 1.35. The molecule has 7 heteroatoms. The van der Waals surface area contributed by atoms with Gasteiger partial charge < -0.3 is 23.5 Å². The van der Waals surface area contributed by atoms with Crippen LogP contribution in [0, 0.1) is 13.8 Å². The van der Waals surface area contributed by atoms with Crippen molar-refractivity contribution in [2.24, 2.45) is 0 Å². The van der Waals surface area contributed by atoms with Gasteiger partial charge in [0.05, 0.1) is 6.10 Å². The van der Waals surface area contributed by atoms with Crippen molar-refractivity contribution in [3.8, 4) is 11.5 Å². The summed E-state index contributed by atoms with van der Waals surface area (Å²) in [5.74, 6) is 0.235. The van der Waals surface area contributed by atoms with Gasteiger partial charge in [-0.3, -0.25) is 4.79 Å². The molecule has 154 valence electrons. The van der Waals surface area contributed by atoms with Crippen molar-refractivity contribution in [3.63, 3.8) is 0 Å². The number of carbonyl (C=O) groups is 2. The first-order valence-corrected chi connectivity index (χ1v) is 9.89. The zero-order valence-electron chi connectivity index (χ0n) is 16.7. The van der Waals surface area contributed by atoms with Gasteiger partial charge in [-0.2, -0.15) is 0 Å². The third-order valence-corrected chi connectivity index (χ3v) is 5.40. The lowest BCUT2D eigenvalue weighted by molar-refractivity contribution is -0.153. The molecule has 2 aromatic rings. The van der Waals surface area contributed by atoms with Gasteiger partial charge in [0.15, 0.2) is 18.1 Å². The lowest BCUT2D eigenvalue weighted by atomic mass is 10.1. The first-order chi connectivity index (χ1) is 14.0. The maximum Gasteiger partial charge on any atom is 0.351 e. The fraction of sp³-hybridized carbons (Fsp3) is 0.455. The highest BCUT2D eigenvalue weighted by molar-refractivity contribution is 5.99. The number of hydrogen-bond donors (Lipinski definition) is 0. The zero-order valence-corrected chi connectivity index (χ0v) is 16.7. The topological polar surface area (TPSA) is 76.0 Å². The number of Topliss-reactive ketones (excluding diaryl/α,β-unsaturated/α-hetero) is 1. The number of aromatic nitrogens is 1. The van der Waals surface area contributed by atoms with Gasteiger partial charge in [0, 0.05) is 30.1 Å². The average Bonchev–Trinajstić information content (AvgIpc) is 3.35. The molecule has 1 aromatic carbocycles. The van der Waals surface area contributed by atoms with Gasteiger partial charge >= 0.3 is 5.97 Å². The summed E-state index contributed by atoms with van der Waals surface area (Å²) in [6, 6.07) is 8.97. The summed E-state index contributed by atoms with van der Waals surface area (Å²) in [4.78, 5) is 25.0. The Morgan fingerprint density at radius 2 is 2.00 bits per heavy atom. The van der Waals surface area contributed by atoms with E-state index in [2.05, 4.69) is 4.57 Å². The molecule has 0 radical (unpaired) electrons. The summed E-state index contributed by atoms with van der Waals surface area (Å²) in [6.45, 7) is 5.13. The lowest BCUT2D eigenvalue weighted by Gasteiger charge is -2.24. The van der Waals surface area contributed by atoms with Crippen molar-refractivity contribution >= 4 is 11.8 Å².